The van der Waals surface area contributed by atoms with E-state index in [1.165, 1.54) is 7.11 Å². The normalized spacial score (nSPS) is 17.7. The Morgan fingerprint density at radius 1 is 1.33 bits per heavy atom. The molecule has 0 radical (unpaired) electrons. The highest BCUT2D eigenvalue weighted by Gasteiger charge is 2.24. The van der Waals surface area contributed by atoms with Crippen LogP contribution in [0.25, 0.3) is 0 Å². The lowest BCUT2D eigenvalue weighted by atomic mass is 10.2. The van der Waals surface area contributed by atoms with Crippen LogP contribution in [0.4, 0.5) is 10.5 Å². The first-order valence-corrected chi connectivity index (χ1v) is 8.00. The molecule has 0 saturated carbocycles. The zero-order valence-corrected chi connectivity index (χ0v) is 14.4. The maximum atomic E-state index is 12.4. The summed E-state index contributed by atoms with van der Waals surface area (Å²) in [6, 6.07) is 6.47. The summed E-state index contributed by atoms with van der Waals surface area (Å²) in [4.78, 5) is 27.7. The Balaban J connectivity index is 1.88. The number of urea groups is 1. The van der Waals surface area contributed by atoms with Gasteiger partial charge in [-0.05, 0) is 44.8 Å². The van der Waals surface area contributed by atoms with Gasteiger partial charge < -0.3 is 24.6 Å². The van der Waals surface area contributed by atoms with Gasteiger partial charge in [-0.1, -0.05) is 0 Å². The van der Waals surface area contributed by atoms with E-state index in [4.69, 9.17) is 4.74 Å². The van der Waals surface area contributed by atoms with Crippen molar-refractivity contribution >= 4 is 17.7 Å². The molecule has 0 aliphatic carbocycles. The Morgan fingerprint density at radius 2 is 2.04 bits per heavy atom. The Bertz CT molecular complexity index is 559. The summed E-state index contributed by atoms with van der Waals surface area (Å²) in [5.74, 6) is -0.398. The summed E-state index contributed by atoms with van der Waals surface area (Å²) >= 11 is 0. The molecule has 0 aromatic heterocycles. The van der Waals surface area contributed by atoms with E-state index in [-0.39, 0.29) is 12.1 Å². The number of anilines is 1. The summed E-state index contributed by atoms with van der Waals surface area (Å²) < 4.78 is 10.4. The number of esters is 1. The molecule has 1 aromatic carbocycles. The van der Waals surface area contributed by atoms with Crippen molar-refractivity contribution in [3.8, 4) is 0 Å². The van der Waals surface area contributed by atoms with Crippen LogP contribution in [-0.4, -0.2) is 75.4 Å². The summed E-state index contributed by atoms with van der Waals surface area (Å²) in [5.41, 5.74) is 1.09. The molecule has 1 heterocycles. The molecule has 2 rings (SSSR count). The highest BCUT2D eigenvalue weighted by Crippen LogP contribution is 2.14. The van der Waals surface area contributed by atoms with Gasteiger partial charge in [-0.3, -0.25) is 0 Å². The molecule has 132 valence electrons. The zero-order valence-electron chi connectivity index (χ0n) is 14.4. The highest BCUT2D eigenvalue weighted by molar-refractivity contribution is 5.92. The standard InChI is InChI=1S/C17H25N3O4/c1-19(2)9-8-15-12-20(10-11-24-15)17(22)18-14-6-4-13(5-7-14)16(21)23-3/h4-7,15H,8-12H2,1-3H3,(H,18,22). The Morgan fingerprint density at radius 3 is 2.67 bits per heavy atom. The molecule has 1 N–H and O–H groups in total. The summed E-state index contributed by atoms with van der Waals surface area (Å²) in [6.45, 7) is 2.63. The molecule has 1 saturated heterocycles. The van der Waals surface area contributed by atoms with E-state index >= 15 is 0 Å². The van der Waals surface area contributed by atoms with Crippen molar-refractivity contribution in [2.24, 2.45) is 0 Å². The molecule has 1 unspecified atom stereocenters. The molecule has 1 atom stereocenters. The van der Waals surface area contributed by atoms with E-state index in [1.807, 2.05) is 14.1 Å². The molecular weight excluding hydrogens is 310 g/mol. The van der Waals surface area contributed by atoms with Crippen molar-refractivity contribution in [2.75, 3.05) is 52.8 Å². The minimum absolute atomic E-state index is 0.0635. The lowest BCUT2D eigenvalue weighted by Gasteiger charge is -2.33. The van der Waals surface area contributed by atoms with Crippen LogP contribution in [0, 0.1) is 0 Å². The van der Waals surface area contributed by atoms with Crippen LogP contribution in [-0.2, 0) is 9.47 Å². The van der Waals surface area contributed by atoms with Gasteiger partial charge in [-0.15, -0.1) is 0 Å². The number of nitrogens with zero attached hydrogens (tertiary/aromatic N) is 2. The SMILES string of the molecule is COC(=O)c1ccc(NC(=O)N2CCOC(CCN(C)C)C2)cc1. The largest absolute Gasteiger partial charge is 0.465 e. The minimum atomic E-state index is -0.398. The predicted octanol–water partition coefficient (Wildman–Crippen LogP) is 1.66. The highest BCUT2D eigenvalue weighted by atomic mass is 16.5. The van der Waals surface area contributed by atoms with Gasteiger partial charge in [0, 0.05) is 25.3 Å². The summed E-state index contributed by atoms with van der Waals surface area (Å²) in [5, 5.41) is 2.85. The molecule has 1 aliphatic rings. The molecule has 1 aliphatic heterocycles. The first-order valence-electron chi connectivity index (χ1n) is 8.00. The molecule has 0 bridgehead atoms. The average molecular weight is 335 g/mol. The van der Waals surface area contributed by atoms with Crippen LogP contribution < -0.4 is 5.32 Å². The number of hydrogen-bond acceptors (Lipinski definition) is 5. The number of morpholine rings is 1. The van der Waals surface area contributed by atoms with Crippen molar-refractivity contribution in [3.05, 3.63) is 29.8 Å². The van der Waals surface area contributed by atoms with Crippen LogP contribution in [0.2, 0.25) is 0 Å². The van der Waals surface area contributed by atoms with E-state index in [2.05, 4.69) is 15.0 Å². The third-order valence-electron chi connectivity index (χ3n) is 3.88. The van der Waals surface area contributed by atoms with Crippen molar-refractivity contribution in [1.29, 1.82) is 0 Å². The quantitative estimate of drug-likeness (QED) is 0.829. The fourth-order valence-corrected chi connectivity index (χ4v) is 2.49. The van der Waals surface area contributed by atoms with E-state index in [0.29, 0.717) is 30.9 Å². The van der Waals surface area contributed by atoms with Crippen LogP contribution in [0.1, 0.15) is 16.8 Å². The molecular formula is C17H25N3O4. The molecule has 1 aromatic rings. The molecule has 1 fully saturated rings. The summed E-state index contributed by atoms with van der Waals surface area (Å²) in [7, 11) is 5.37. The van der Waals surface area contributed by atoms with Crippen molar-refractivity contribution in [2.45, 2.75) is 12.5 Å². The predicted molar refractivity (Wildman–Crippen MR) is 91.3 cm³/mol. The second-order valence-electron chi connectivity index (χ2n) is 6.03. The lowest BCUT2D eigenvalue weighted by molar-refractivity contribution is -0.0186. The molecule has 7 heteroatoms. The van der Waals surface area contributed by atoms with Gasteiger partial charge in [0.25, 0.3) is 0 Å². The number of carbonyl (C=O) groups excluding carboxylic acids is 2. The number of nitrogens with one attached hydrogen (secondary N) is 1. The van der Waals surface area contributed by atoms with Crippen molar-refractivity contribution in [1.82, 2.24) is 9.80 Å². The van der Waals surface area contributed by atoms with Gasteiger partial charge in [-0.25, -0.2) is 9.59 Å². The van der Waals surface area contributed by atoms with Gasteiger partial charge in [0.2, 0.25) is 0 Å². The Labute approximate surface area is 142 Å². The first kappa shape index (κ1) is 18.2. The molecule has 2 amide bonds. The van der Waals surface area contributed by atoms with Gasteiger partial charge in [0.05, 0.1) is 25.4 Å². The second-order valence-corrected chi connectivity index (χ2v) is 6.03. The van der Waals surface area contributed by atoms with Crippen LogP contribution in [0.15, 0.2) is 24.3 Å². The fourth-order valence-electron chi connectivity index (χ4n) is 2.49. The number of ether oxygens (including phenoxy) is 2. The Kier molecular flexibility index (Phi) is 6.57. The van der Waals surface area contributed by atoms with Crippen LogP contribution >= 0.6 is 0 Å². The molecule has 7 nitrogen and oxygen atoms in total. The monoisotopic (exact) mass is 335 g/mol. The molecule has 0 spiro atoms. The lowest BCUT2D eigenvalue weighted by Crippen LogP contribution is -2.47. The molecule has 24 heavy (non-hydrogen) atoms. The first-order chi connectivity index (χ1) is 11.5. The van der Waals surface area contributed by atoms with E-state index in [0.717, 1.165) is 13.0 Å². The van der Waals surface area contributed by atoms with E-state index in [1.54, 1.807) is 29.2 Å². The van der Waals surface area contributed by atoms with Crippen LogP contribution in [0.3, 0.4) is 0 Å². The van der Waals surface area contributed by atoms with E-state index in [9.17, 15) is 9.59 Å². The van der Waals surface area contributed by atoms with Crippen LogP contribution in [0.5, 0.6) is 0 Å². The van der Waals surface area contributed by atoms with Crippen molar-refractivity contribution < 1.29 is 19.1 Å². The van der Waals surface area contributed by atoms with Crippen molar-refractivity contribution in [3.63, 3.8) is 0 Å². The number of benzene rings is 1. The second kappa shape index (κ2) is 8.65. The maximum Gasteiger partial charge on any atom is 0.337 e. The van der Waals surface area contributed by atoms with Gasteiger partial charge in [0.1, 0.15) is 0 Å². The third kappa shape index (κ3) is 5.21. The average Bonchev–Trinajstić information content (AvgIpc) is 2.60. The maximum absolute atomic E-state index is 12.4. The number of methoxy groups -OCH3 is 1. The third-order valence-corrected chi connectivity index (χ3v) is 3.88. The summed E-state index contributed by atoms with van der Waals surface area (Å²) in [6.07, 6.45) is 0.957. The smallest absolute Gasteiger partial charge is 0.337 e. The fraction of sp³-hybridized carbons (Fsp3) is 0.529. The van der Waals surface area contributed by atoms with Gasteiger partial charge in [-0.2, -0.15) is 0 Å². The number of rotatable bonds is 5. The minimum Gasteiger partial charge on any atom is -0.465 e. The van der Waals surface area contributed by atoms with Gasteiger partial charge >= 0.3 is 12.0 Å². The Hall–Kier alpha value is -2.12. The van der Waals surface area contributed by atoms with E-state index < -0.39 is 5.97 Å². The number of carbonyl (C=O) groups is 2. The van der Waals surface area contributed by atoms with Gasteiger partial charge in [0.15, 0.2) is 0 Å². The zero-order chi connectivity index (χ0) is 17.5. The topological polar surface area (TPSA) is 71.1 Å². The number of amides is 2. The number of hydrogen-bond donors (Lipinski definition) is 1.